The molecule has 2 aliphatic rings. The van der Waals surface area contributed by atoms with Crippen LogP contribution in [0.5, 0.6) is 0 Å². The van der Waals surface area contributed by atoms with Crippen LogP contribution in [0, 0.1) is 5.92 Å². The molecule has 2 rings (SSSR count). The first kappa shape index (κ1) is 13.3. The maximum absolute atomic E-state index is 12.2. The van der Waals surface area contributed by atoms with Gasteiger partial charge in [0.05, 0.1) is 0 Å². The topological polar surface area (TPSA) is 66.8 Å². The molecule has 5 nitrogen and oxygen atoms in total. The van der Waals surface area contributed by atoms with Crippen LogP contribution in [-0.2, 0) is 14.3 Å². The van der Waals surface area contributed by atoms with Crippen molar-refractivity contribution < 1.29 is 19.4 Å². The highest BCUT2D eigenvalue weighted by atomic mass is 16.5. The smallest absolute Gasteiger partial charge is 0.303 e. The van der Waals surface area contributed by atoms with Crippen LogP contribution in [0.2, 0.25) is 0 Å². The Morgan fingerprint density at radius 2 is 2.11 bits per heavy atom. The molecule has 2 atom stereocenters. The monoisotopic (exact) mass is 255 g/mol. The van der Waals surface area contributed by atoms with E-state index in [0.29, 0.717) is 25.5 Å². The zero-order chi connectivity index (χ0) is 13.0. The number of carbonyl (C=O) groups excluding carboxylic acids is 1. The van der Waals surface area contributed by atoms with Crippen LogP contribution >= 0.6 is 0 Å². The molecule has 5 heteroatoms. The first-order valence-corrected chi connectivity index (χ1v) is 6.79. The van der Waals surface area contributed by atoms with Gasteiger partial charge in [-0.15, -0.1) is 0 Å². The molecule has 0 radical (unpaired) electrons. The average molecular weight is 255 g/mol. The van der Waals surface area contributed by atoms with Crippen LogP contribution in [0.25, 0.3) is 0 Å². The maximum Gasteiger partial charge on any atom is 0.303 e. The summed E-state index contributed by atoms with van der Waals surface area (Å²) in [5, 5.41) is 8.65. The van der Waals surface area contributed by atoms with Crippen LogP contribution in [0.4, 0.5) is 0 Å². The minimum Gasteiger partial charge on any atom is -0.481 e. The van der Waals surface area contributed by atoms with Gasteiger partial charge in [-0.2, -0.15) is 0 Å². The second-order valence-electron chi connectivity index (χ2n) is 5.23. The summed E-state index contributed by atoms with van der Waals surface area (Å²) in [5.41, 5.74) is 0. The van der Waals surface area contributed by atoms with Gasteiger partial charge in [0.1, 0.15) is 6.10 Å². The number of rotatable bonds is 4. The number of carbonyl (C=O) groups is 2. The molecule has 1 N–H and O–H groups in total. The van der Waals surface area contributed by atoms with Crippen molar-refractivity contribution in [3.8, 4) is 0 Å². The van der Waals surface area contributed by atoms with Crippen molar-refractivity contribution in [2.75, 3.05) is 19.7 Å². The summed E-state index contributed by atoms with van der Waals surface area (Å²) in [4.78, 5) is 24.5. The van der Waals surface area contributed by atoms with Crippen molar-refractivity contribution in [3.63, 3.8) is 0 Å². The van der Waals surface area contributed by atoms with Gasteiger partial charge in [-0.05, 0) is 38.0 Å². The Morgan fingerprint density at radius 1 is 1.28 bits per heavy atom. The summed E-state index contributed by atoms with van der Waals surface area (Å²) in [6, 6.07) is 0. The number of carboxylic acid groups (broad SMARTS) is 1. The Kier molecular flexibility index (Phi) is 4.58. The first-order chi connectivity index (χ1) is 8.66. The minimum atomic E-state index is -0.754. The van der Waals surface area contributed by atoms with Gasteiger partial charge >= 0.3 is 5.97 Å². The van der Waals surface area contributed by atoms with Gasteiger partial charge in [0, 0.05) is 26.1 Å². The number of amides is 1. The fraction of sp³-hybridized carbons (Fsp3) is 0.846. The highest BCUT2D eigenvalue weighted by Gasteiger charge is 2.32. The van der Waals surface area contributed by atoms with E-state index >= 15 is 0 Å². The standard InChI is InChI=1S/C13H21NO4/c15-12(16)5-4-10-6-7-14(9-10)13(17)11-3-1-2-8-18-11/h10-11H,1-9H2,(H,15,16). The lowest BCUT2D eigenvalue weighted by Crippen LogP contribution is -2.40. The molecular weight excluding hydrogens is 234 g/mol. The molecule has 0 saturated carbocycles. The van der Waals surface area contributed by atoms with Gasteiger partial charge in [0.2, 0.25) is 0 Å². The first-order valence-electron chi connectivity index (χ1n) is 6.79. The van der Waals surface area contributed by atoms with E-state index in [1.165, 1.54) is 0 Å². The van der Waals surface area contributed by atoms with Crippen molar-refractivity contribution in [2.45, 2.75) is 44.6 Å². The van der Waals surface area contributed by atoms with Gasteiger partial charge in [0.25, 0.3) is 5.91 Å². The van der Waals surface area contributed by atoms with Crippen molar-refractivity contribution in [2.24, 2.45) is 5.92 Å². The van der Waals surface area contributed by atoms with E-state index in [4.69, 9.17) is 9.84 Å². The van der Waals surface area contributed by atoms with Crippen LogP contribution in [0.15, 0.2) is 0 Å². The Balaban J connectivity index is 1.77. The highest BCUT2D eigenvalue weighted by Crippen LogP contribution is 2.24. The molecule has 0 spiro atoms. The third-order valence-corrected chi connectivity index (χ3v) is 3.82. The summed E-state index contributed by atoms with van der Waals surface area (Å²) in [6.45, 7) is 2.14. The number of aliphatic carboxylic acids is 1. The number of ether oxygens (including phenoxy) is 1. The summed E-state index contributed by atoms with van der Waals surface area (Å²) in [5.74, 6) is -0.309. The Morgan fingerprint density at radius 3 is 2.78 bits per heavy atom. The fourth-order valence-electron chi connectivity index (χ4n) is 2.74. The quantitative estimate of drug-likeness (QED) is 0.821. The summed E-state index contributed by atoms with van der Waals surface area (Å²) in [6.07, 6.45) is 4.48. The molecular formula is C13H21NO4. The predicted octanol–water partition coefficient (Wildman–Crippen LogP) is 1.27. The normalized spacial score (nSPS) is 28.3. The summed E-state index contributed by atoms with van der Waals surface area (Å²) >= 11 is 0. The molecule has 0 aromatic heterocycles. The molecule has 0 aliphatic carbocycles. The van der Waals surface area contributed by atoms with E-state index in [1.807, 2.05) is 4.90 Å². The molecule has 2 saturated heterocycles. The lowest BCUT2D eigenvalue weighted by atomic mass is 10.0. The Labute approximate surface area is 107 Å². The molecule has 102 valence electrons. The van der Waals surface area contributed by atoms with E-state index in [9.17, 15) is 9.59 Å². The van der Waals surface area contributed by atoms with Crippen LogP contribution in [0.1, 0.15) is 38.5 Å². The largest absolute Gasteiger partial charge is 0.481 e. The lowest BCUT2D eigenvalue weighted by molar-refractivity contribution is -0.145. The Bertz CT molecular complexity index is 312. The number of nitrogens with zero attached hydrogens (tertiary/aromatic N) is 1. The van der Waals surface area contributed by atoms with E-state index in [2.05, 4.69) is 0 Å². The lowest BCUT2D eigenvalue weighted by Gasteiger charge is -2.26. The molecule has 2 fully saturated rings. The molecule has 0 bridgehead atoms. The van der Waals surface area contributed by atoms with E-state index < -0.39 is 5.97 Å². The Hall–Kier alpha value is -1.10. The van der Waals surface area contributed by atoms with Gasteiger partial charge in [-0.25, -0.2) is 0 Å². The second kappa shape index (κ2) is 6.18. The SMILES string of the molecule is O=C(O)CCC1CCN(C(=O)C2CCCCO2)C1. The third kappa shape index (κ3) is 3.45. The van der Waals surface area contributed by atoms with Crippen LogP contribution in [0.3, 0.4) is 0 Å². The molecule has 1 amide bonds. The molecule has 0 aromatic carbocycles. The second-order valence-corrected chi connectivity index (χ2v) is 5.23. The summed E-state index contributed by atoms with van der Waals surface area (Å²) in [7, 11) is 0. The van der Waals surface area contributed by atoms with Gasteiger partial charge in [-0.1, -0.05) is 0 Å². The van der Waals surface area contributed by atoms with Crippen molar-refractivity contribution in [3.05, 3.63) is 0 Å². The van der Waals surface area contributed by atoms with Crippen LogP contribution in [-0.4, -0.2) is 47.7 Å². The van der Waals surface area contributed by atoms with Crippen molar-refractivity contribution in [1.82, 2.24) is 4.90 Å². The third-order valence-electron chi connectivity index (χ3n) is 3.82. The molecule has 2 unspecified atom stereocenters. The number of hydrogen-bond donors (Lipinski definition) is 1. The van der Waals surface area contributed by atoms with Crippen molar-refractivity contribution in [1.29, 1.82) is 0 Å². The molecule has 18 heavy (non-hydrogen) atoms. The molecule has 2 aliphatic heterocycles. The number of likely N-dealkylation sites (tertiary alicyclic amines) is 1. The fourth-order valence-corrected chi connectivity index (χ4v) is 2.74. The average Bonchev–Trinajstić information content (AvgIpc) is 2.85. The summed E-state index contributed by atoms with van der Waals surface area (Å²) < 4.78 is 5.50. The maximum atomic E-state index is 12.2. The minimum absolute atomic E-state index is 0.104. The zero-order valence-corrected chi connectivity index (χ0v) is 10.6. The number of carboxylic acids is 1. The van der Waals surface area contributed by atoms with Gasteiger partial charge < -0.3 is 14.7 Å². The van der Waals surface area contributed by atoms with E-state index in [0.717, 1.165) is 32.2 Å². The molecule has 0 aromatic rings. The van der Waals surface area contributed by atoms with Crippen molar-refractivity contribution >= 4 is 11.9 Å². The molecule has 2 heterocycles. The van der Waals surface area contributed by atoms with Gasteiger partial charge in [0.15, 0.2) is 0 Å². The predicted molar refractivity (Wildman–Crippen MR) is 65.1 cm³/mol. The zero-order valence-electron chi connectivity index (χ0n) is 10.6. The van der Waals surface area contributed by atoms with E-state index in [-0.39, 0.29) is 18.4 Å². The van der Waals surface area contributed by atoms with Gasteiger partial charge in [-0.3, -0.25) is 9.59 Å². The van der Waals surface area contributed by atoms with Crippen LogP contribution < -0.4 is 0 Å². The highest BCUT2D eigenvalue weighted by molar-refractivity contribution is 5.81. The van der Waals surface area contributed by atoms with E-state index in [1.54, 1.807) is 0 Å². The number of hydrogen-bond acceptors (Lipinski definition) is 3.